The summed E-state index contributed by atoms with van der Waals surface area (Å²) in [6.07, 6.45) is 3.63. The topological polar surface area (TPSA) is 136 Å². The van der Waals surface area contributed by atoms with Gasteiger partial charge in [-0.2, -0.15) is 14.6 Å². The molecular formula is C31H34FN7O5. The number of pyridine rings is 2. The summed E-state index contributed by atoms with van der Waals surface area (Å²) in [5.74, 6) is 0.186. The number of amides is 2. The normalized spacial score (nSPS) is 19.1. The maximum Gasteiger partial charge on any atom is 0.320 e. The fourth-order valence-electron chi connectivity index (χ4n) is 5.39. The first-order chi connectivity index (χ1) is 21.3. The summed E-state index contributed by atoms with van der Waals surface area (Å²) >= 11 is 0. The number of anilines is 1. The van der Waals surface area contributed by atoms with E-state index in [2.05, 4.69) is 20.6 Å². The Bertz CT molecular complexity index is 1650. The van der Waals surface area contributed by atoms with Crippen LogP contribution in [0.2, 0.25) is 0 Å². The van der Waals surface area contributed by atoms with Gasteiger partial charge in [0.25, 0.3) is 0 Å². The van der Waals surface area contributed by atoms with Crippen molar-refractivity contribution in [2.24, 2.45) is 0 Å². The zero-order valence-electron chi connectivity index (χ0n) is 24.7. The number of methoxy groups -OCH3 is 2. The summed E-state index contributed by atoms with van der Waals surface area (Å²) in [6.45, 7) is 3.11. The number of rotatable bonds is 10. The van der Waals surface area contributed by atoms with E-state index >= 15 is 0 Å². The molecule has 3 N–H and O–H groups in total. The van der Waals surface area contributed by atoms with Gasteiger partial charge in [0.1, 0.15) is 11.9 Å². The van der Waals surface area contributed by atoms with Gasteiger partial charge in [0.15, 0.2) is 0 Å². The molecule has 0 spiro atoms. The van der Waals surface area contributed by atoms with Gasteiger partial charge in [0.2, 0.25) is 11.8 Å². The molecule has 1 saturated carbocycles. The Hall–Kier alpha value is -4.43. The molecule has 12 nitrogen and oxygen atoms in total. The molecular weight excluding hydrogens is 569 g/mol. The van der Waals surface area contributed by atoms with Crippen molar-refractivity contribution in [3.05, 3.63) is 83.6 Å². The second-order valence-electron chi connectivity index (χ2n) is 10.9. The van der Waals surface area contributed by atoms with Crippen molar-refractivity contribution < 1.29 is 28.6 Å². The zero-order valence-corrected chi connectivity index (χ0v) is 24.7. The van der Waals surface area contributed by atoms with Crippen LogP contribution in [0.3, 0.4) is 0 Å². The predicted molar refractivity (Wildman–Crippen MR) is 159 cm³/mol. The highest BCUT2D eigenvalue weighted by Crippen LogP contribution is 2.49. The first kappa shape index (κ1) is 29.6. The van der Waals surface area contributed by atoms with Crippen LogP contribution in [0.5, 0.6) is 5.88 Å². The summed E-state index contributed by atoms with van der Waals surface area (Å²) in [4.78, 5) is 27.7. The van der Waals surface area contributed by atoms with Crippen molar-refractivity contribution in [3.8, 4) is 22.8 Å². The zero-order chi connectivity index (χ0) is 30.8. The van der Waals surface area contributed by atoms with Gasteiger partial charge in [0.05, 0.1) is 36.7 Å². The average Bonchev–Trinajstić information content (AvgIpc) is 3.53. The molecule has 2 atom stereocenters. The molecule has 13 heteroatoms. The van der Waals surface area contributed by atoms with Gasteiger partial charge in [-0.1, -0.05) is 18.2 Å². The second kappa shape index (κ2) is 12.3. The van der Waals surface area contributed by atoms with Crippen LogP contribution < -0.4 is 15.4 Å². The Balaban J connectivity index is 1.31. The van der Waals surface area contributed by atoms with Crippen molar-refractivity contribution in [3.63, 3.8) is 0 Å². The largest absolute Gasteiger partial charge is 0.481 e. The lowest BCUT2D eigenvalue weighted by molar-refractivity contribution is -0.154. The number of para-hydroxylation sites is 1. The van der Waals surface area contributed by atoms with E-state index in [0.29, 0.717) is 72.2 Å². The number of halogens is 1. The number of aliphatic hydroxyl groups is 1. The molecule has 0 bridgehead atoms. The Labute approximate surface area is 253 Å². The molecule has 44 heavy (non-hydrogen) atoms. The van der Waals surface area contributed by atoms with Gasteiger partial charge in [-0.25, -0.2) is 19.4 Å². The van der Waals surface area contributed by atoms with E-state index in [1.54, 1.807) is 29.1 Å². The van der Waals surface area contributed by atoms with E-state index in [9.17, 15) is 14.3 Å². The molecule has 1 saturated heterocycles. The number of hydrogen-bond donors (Lipinski definition) is 3. The third-order valence-electron chi connectivity index (χ3n) is 7.87. The maximum absolute atomic E-state index is 14.0. The molecule has 1 aromatic carbocycles. The lowest BCUT2D eigenvalue weighted by Gasteiger charge is -2.19. The summed E-state index contributed by atoms with van der Waals surface area (Å²) in [6, 6.07) is 13.2. The fraction of sp³-hybridized carbons (Fsp3) is 0.355. The first-order valence-electron chi connectivity index (χ1n) is 14.3. The van der Waals surface area contributed by atoms with E-state index in [0.717, 1.165) is 5.69 Å². The van der Waals surface area contributed by atoms with Crippen molar-refractivity contribution in [2.45, 2.75) is 37.5 Å². The van der Waals surface area contributed by atoms with Crippen LogP contribution >= 0.6 is 0 Å². The molecule has 2 aliphatic rings. The third kappa shape index (κ3) is 5.99. The van der Waals surface area contributed by atoms with E-state index in [1.807, 2.05) is 43.3 Å². The Morgan fingerprint density at radius 2 is 1.98 bits per heavy atom. The summed E-state index contributed by atoms with van der Waals surface area (Å²) in [7, 11) is 3.12. The van der Waals surface area contributed by atoms with Crippen molar-refractivity contribution in [1.82, 2.24) is 30.1 Å². The summed E-state index contributed by atoms with van der Waals surface area (Å²) in [5, 5.41) is 23.4. The molecule has 2 amide bonds. The van der Waals surface area contributed by atoms with Crippen LogP contribution in [0.15, 0.2) is 60.9 Å². The molecule has 4 heterocycles. The fourth-order valence-corrected chi connectivity index (χ4v) is 5.39. The molecule has 6 rings (SSSR count). The standard InChI is InChI=1S/C31H34FN7O5/c1-19-26(21-15-23(31(41)10-11-31)29(43-3)34-17-21)37-39(22-7-5-4-6-8-22)28(19)36-30(40)35-24-18-38(13-14-42-2)44-27(24)20-9-12-33-25(32)16-20/h4-9,12,15-17,24,27,41H,10-11,13-14,18H2,1-3H3,(H2,35,36,40)/t24-,27+/m1/s1. The van der Waals surface area contributed by atoms with Crippen LogP contribution in [0.4, 0.5) is 15.0 Å². The minimum atomic E-state index is -0.972. The molecule has 1 aliphatic carbocycles. The van der Waals surface area contributed by atoms with E-state index in [-0.39, 0.29) is 0 Å². The number of carbonyl (C=O) groups excluding carboxylic acids is 1. The smallest absolute Gasteiger partial charge is 0.320 e. The Morgan fingerprint density at radius 1 is 1.18 bits per heavy atom. The molecule has 230 valence electrons. The van der Waals surface area contributed by atoms with Crippen molar-refractivity contribution >= 4 is 11.8 Å². The van der Waals surface area contributed by atoms with Crippen molar-refractivity contribution in [1.29, 1.82) is 0 Å². The van der Waals surface area contributed by atoms with E-state index in [4.69, 9.17) is 19.4 Å². The van der Waals surface area contributed by atoms with Gasteiger partial charge < -0.3 is 19.9 Å². The number of hydroxylamine groups is 2. The average molecular weight is 604 g/mol. The number of benzene rings is 1. The number of nitrogens with zero attached hydrogens (tertiary/aromatic N) is 5. The highest BCUT2D eigenvalue weighted by molar-refractivity contribution is 5.91. The van der Waals surface area contributed by atoms with Gasteiger partial charge in [-0.15, -0.1) is 0 Å². The van der Waals surface area contributed by atoms with Gasteiger partial charge in [0, 0.05) is 49.3 Å². The minimum absolute atomic E-state index is 0.358. The quantitative estimate of drug-likeness (QED) is 0.231. The van der Waals surface area contributed by atoms with Crippen LogP contribution in [0.25, 0.3) is 16.9 Å². The van der Waals surface area contributed by atoms with Crippen LogP contribution in [0.1, 0.15) is 35.6 Å². The van der Waals surface area contributed by atoms with Gasteiger partial charge in [-0.05, 0) is 55.7 Å². The Morgan fingerprint density at radius 3 is 2.68 bits per heavy atom. The molecule has 0 radical (unpaired) electrons. The lowest BCUT2D eigenvalue weighted by atomic mass is 10.0. The molecule has 0 unspecified atom stereocenters. The molecule has 1 aliphatic heterocycles. The van der Waals surface area contributed by atoms with Crippen LogP contribution in [0, 0.1) is 12.9 Å². The molecule has 3 aromatic heterocycles. The number of hydrogen-bond acceptors (Lipinski definition) is 9. The number of urea groups is 1. The third-order valence-corrected chi connectivity index (χ3v) is 7.87. The number of nitrogens with one attached hydrogen (secondary N) is 2. The predicted octanol–water partition coefficient (Wildman–Crippen LogP) is 3.89. The van der Waals surface area contributed by atoms with Gasteiger partial charge in [-0.3, -0.25) is 10.2 Å². The SMILES string of the molecule is COCCN1C[C@@H](NC(=O)Nc2c(C)c(-c3cnc(OC)c(C4(O)CC4)c3)nn2-c2ccccc2)[C@H](c2ccnc(F)c2)O1. The first-order valence-corrected chi connectivity index (χ1v) is 14.3. The van der Waals surface area contributed by atoms with E-state index in [1.165, 1.54) is 19.4 Å². The Kier molecular flexibility index (Phi) is 8.27. The maximum atomic E-state index is 14.0. The van der Waals surface area contributed by atoms with Crippen molar-refractivity contribution in [2.75, 3.05) is 39.2 Å². The van der Waals surface area contributed by atoms with Crippen LogP contribution in [-0.4, -0.2) is 75.9 Å². The van der Waals surface area contributed by atoms with Crippen LogP contribution in [-0.2, 0) is 15.2 Å². The summed E-state index contributed by atoms with van der Waals surface area (Å²) < 4.78 is 26.2. The summed E-state index contributed by atoms with van der Waals surface area (Å²) in [5.41, 5.74) is 2.88. The van der Waals surface area contributed by atoms with E-state index < -0.39 is 29.7 Å². The second-order valence-corrected chi connectivity index (χ2v) is 10.9. The highest BCUT2D eigenvalue weighted by Gasteiger charge is 2.45. The molecule has 4 aromatic rings. The number of carbonyl (C=O) groups is 1. The minimum Gasteiger partial charge on any atom is -0.481 e. The number of ether oxygens (including phenoxy) is 2. The lowest BCUT2D eigenvalue weighted by Crippen LogP contribution is -2.42. The molecule has 2 fully saturated rings. The van der Waals surface area contributed by atoms with Gasteiger partial charge >= 0.3 is 6.03 Å². The number of aromatic nitrogens is 4. The monoisotopic (exact) mass is 603 g/mol. The highest BCUT2D eigenvalue weighted by atomic mass is 19.1.